The maximum absolute atomic E-state index is 6.28. The molecule has 264 valence electrons. The Bertz CT molecular complexity index is 3160. The van der Waals surface area contributed by atoms with Gasteiger partial charge < -0.3 is 4.42 Å². The van der Waals surface area contributed by atoms with E-state index in [1.807, 2.05) is 24.3 Å². The number of furan rings is 1. The molecule has 0 unspecified atom stereocenters. The topological polar surface area (TPSA) is 64.7 Å². The van der Waals surface area contributed by atoms with Crippen LogP contribution < -0.4 is 0 Å². The van der Waals surface area contributed by atoms with E-state index in [-0.39, 0.29) is 5.41 Å². The zero-order chi connectivity index (χ0) is 37.4. The number of pyridine rings is 1. The smallest absolute Gasteiger partial charge is 0.228 e. The maximum Gasteiger partial charge on any atom is 0.228 e. The minimum atomic E-state index is -0.149. The average molecular weight is 719 g/mol. The van der Waals surface area contributed by atoms with Crippen LogP contribution in [0.15, 0.2) is 174 Å². The van der Waals surface area contributed by atoms with E-state index in [4.69, 9.17) is 24.4 Å². The summed E-state index contributed by atoms with van der Waals surface area (Å²) in [5, 5.41) is 4.30. The van der Waals surface area contributed by atoms with Crippen molar-refractivity contribution < 1.29 is 4.42 Å². The fourth-order valence-electron chi connectivity index (χ4n) is 8.51. The summed E-state index contributed by atoms with van der Waals surface area (Å²) in [5.74, 6) is 1.87. The molecule has 0 atom stereocenters. The van der Waals surface area contributed by atoms with Gasteiger partial charge in [-0.2, -0.15) is 0 Å². The van der Waals surface area contributed by atoms with Gasteiger partial charge in [0.2, 0.25) is 5.71 Å². The Morgan fingerprint density at radius 2 is 0.964 bits per heavy atom. The van der Waals surface area contributed by atoms with Crippen molar-refractivity contribution in [2.24, 2.45) is 0 Å². The molecule has 5 heteroatoms. The van der Waals surface area contributed by atoms with E-state index in [0.29, 0.717) is 23.2 Å². The number of hydrogen-bond acceptors (Lipinski definition) is 5. The molecule has 0 spiro atoms. The second kappa shape index (κ2) is 12.4. The van der Waals surface area contributed by atoms with Crippen molar-refractivity contribution in [2.75, 3.05) is 0 Å². The molecule has 5 nitrogen and oxygen atoms in total. The number of para-hydroxylation sites is 1. The molecule has 11 rings (SSSR count). The zero-order valence-corrected chi connectivity index (χ0v) is 30.9. The number of fused-ring (bicyclic) bond motifs is 8. The Hall–Kier alpha value is -7.24. The highest BCUT2D eigenvalue weighted by atomic mass is 16.3. The van der Waals surface area contributed by atoms with Crippen LogP contribution in [0.25, 0.3) is 101 Å². The molecule has 0 radical (unpaired) electrons. The van der Waals surface area contributed by atoms with Crippen molar-refractivity contribution in [1.29, 1.82) is 0 Å². The molecule has 0 amide bonds. The van der Waals surface area contributed by atoms with Gasteiger partial charge >= 0.3 is 0 Å². The van der Waals surface area contributed by atoms with E-state index in [1.54, 1.807) is 0 Å². The van der Waals surface area contributed by atoms with Gasteiger partial charge in [-0.3, -0.25) is 0 Å². The van der Waals surface area contributed by atoms with Gasteiger partial charge in [-0.05, 0) is 57.0 Å². The van der Waals surface area contributed by atoms with Crippen molar-refractivity contribution in [3.63, 3.8) is 0 Å². The van der Waals surface area contributed by atoms with Crippen molar-refractivity contribution >= 4 is 32.8 Å². The number of benzene rings is 7. The molecule has 0 aliphatic heterocycles. The highest BCUT2D eigenvalue weighted by molar-refractivity contribution is 6.20. The van der Waals surface area contributed by atoms with Gasteiger partial charge in [-0.15, -0.1) is 0 Å². The first-order valence-corrected chi connectivity index (χ1v) is 19.0. The Morgan fingerprint density at radius 1 is 0.393 bits per heavy atom. The molecule has 0 saturated carbocycles. The van der Waals surface area contributed by atoms with E-state index >= 15 is 0 Å². The van der Waals surface area contributed by atoms with Gasteiger partial charge in [-0.1, -0.05) is 166 Å². The van der Waals surface area contributed by atoms with Crippen LogP contribution in [-0.4, -0.2) is 19.9 Å². The summed E-state index contributed by atoms with van der Waals surface area (Å²) in [6.07, 6.45) is 0. The second-order valence-corrected chi connectivity index (χ2v) is 15.0. The van der Waals surface area contributed by atoms with Crippen molar-refractivity contribution in [3.8, 4) is 67.7 Å². The van der Waals surface area contributed by atoms with E-state index in [9.17, 15) is 0 Å². The number of hydrogen-bond donors (Lipinski definition) is 0. The minimum absolute atomic E-state index is 0.149. The lowest BCUT2D eigenvalue weighted by atomic mass is 9.82. The first-order valence-electron chi connectivity index (χ1n) is 19.0. The van der Waals surface area contributed by atoms with Gasteiger partial charge in [-0.25, -0.2) is 19.9 Å². The highest BCUT2D eigenvalue weighted by Gasteiger charge is 2.35. The monoisotopic (exact) mass is 718 g/mol. The van der Waals surface area contributed by atoms with Crippen molar-refractivity contribution in [2.45, 2.75) is 19.3 Å². The van der Waals surface area contributed by atoms with Crippen LogP contribution in [0, 0.1) is 0 Å². The van der Waals surface area contributed by atoms with Gasteiger partial charge in [0.15, 0.2) is 17.5 Å². The molecule has 0 N–H and O–H groups in total. The molecule has 1 aliphatic carbocycles. The molecule has 0 bridgehead atoms. The molecule has 56 heavy (non-hydrogen) atoms. The first-order chi connectivity index (χ1) is 27.5. The molecular formula is C51H34N4O. The second-order valence-electron chi connectivity index (χ2n) is 15.0. The SMILES string of the molecule is CC1(C)c2ccccc2-c2ccc(-c3nc(-c4ccc(-c5nc6oc7ccccc7c6c6ccccc56)cc4)nc(-c4cccc(-c5ccccc5)c4)n3)cc21. The largest absolute Gasteiger partial charge is 0.438 e. The molecule has 0 saturated heterocycles. The quantitative estimate of drug-likeness (QED) is 0.177. The summed E-state index contributed by atoms with van der Waals surface area (Å²) in [4.78, 5) is 20.6. The Labute approximate surface area is 324 Å². The molecule has 3 aromatic heterocycles. The van der Waals surface area contributed by atoms with Crippen LogP contribution in [-0.2, 0) is 5.41 Å². The highest BCUT2D eigenvalue weighted by Crippen LogP contribution is 2.49. The van der Waals surface area contributed by atoms with Crippen LogP contribution in [0.5, 0.6) is 0 Å². The third kappa shape index (κ3) is 5.09. The lowest BCUT2D eigenvalue weighted by Crippen LogP contribution is -2.15. The summed E-state index contributed by atoms with van der Waals surface area (Å²) in [7, 11) is 0. The van der Waals surface area contributed by atoms with E-state index in [0.717, 1.165) is 66.2 Å². The number of aromatic nitrogens is 4. The van der Waals surface area contributed by atoms with Crippen LogP contribution in [0.1, 0.15) is 25.0 Å². The predicted molar refractivity (Wildman–Crippen MR) is 227 cm³/mol. The summed E-state index contributed by atoms with van der Waals surface area (Å²) in [6, 6.07) is 59.1. The van der Waals surface area contributed by atoms with Crippen LogP contribution >= 0.6 is 0 Å². The lowest BCUT2D eigenvalue weighted by Gasteiger charge is -2.21. The molecule has 7 aromatic carbocycles. The predicted octanol–water partition coefficient (Wildman–Crippen LogP) is 13.0. The minimum Gasteiger partial charge on any atom is -0.438 e. The maximum atomic E-state index is 6.28. The normalized spacial score (nSPS) is 13.0. The van der Waals surface area contributed by atoms with Crippen LogP contribution in [0.2, 0.25) is 0 Å². The van der Waals surface area contributed by atoms with Crippen LogP contribution in [0.3, 0.4) is 0 Å². The Kier molecular flexibility index (Phi) is 7.13. The molecule has 10 aromatic rings. The van der Waals surface area contributed by atoms with Gasteiger partial charge in [0, 0.05) is 38.4 Å². The van der Waals surface area contributed by atoms with Gasteiger partial charge in [0.25, 0.3) is 0 Å². The Balaban J connectivity index is 1.05. The first kappa shape index (κ1) is 32.2. The lowest BCUT2D eigenvalue weighted by molar-refractivity contribution is 0.655. The standard InChI is InChI=1S/C51H34N4O/c1-51(2)42-21-10-8-17-37(42)38-28-27-36(30-43(38)51)49-54-47(53-48(55-49)35-16-12-15-34(29-35)31-13-4-3-5-14-31)33-25-23-32(24-26-33)46-40-19-7-6-18-39(40)45-41-20-9-11-22-44(41)56-50(45)52-46/h3-30H,1-2H3. The molecule has 0 fully saturated rings. The number of rotatable bonds is 5. The summed E-state index contributed by atoms with van der Waals surface area (Å²) >= 11 is 0. The molecular weight excluding hydrogens is 685 g/mol. The fraction of sp³-hybridized carbons (Fsp3) is 0.0588. The molecule has 3 heterocycles. The van der Waals surface area contributed by atoms with E-state index < -0.39 is 0 Å². The summed E-state index contributed by atoms with van der Waals surface area (Å²) < 4.78 is 6.28. The van der Waals surface area contributed by atoms with Crippen molar-refractivity contribution in [1.82, 2.24) is 19.9 Å². The summed E-state index contributed by atoms with van der Waals surface area (Å²) in [5.41, 5.74) is 13.4. The van der Waals surface area contributed by atoms with E-state index in [2.05, 4.69) is 159 Å². The average Bonchev–Trinajstić information content (AvgIpc) is 3.75. The van der Waals surface area contributed by atoms with E-state index in [1.165, 1.54) is 22.3 Å². The number of nitrogens with zero attached hydrogens (tertiary/aromatic N) is 4. The Morgan fingerprint density at radius 3 is 1.77 bits per heavy atom. The third-order valence-corrected chi connectivity index (χ3v) is 11.4. The third-order valence-electron chi connectivity index (χ3n) is 11.4. The van der Waals surface area contributed by atoms with Gasteiger partial charge in [0.1, 0.15) is 5.58 Å². The van der Waals surface area contributed by atoms with Crippen molar-refractivity contribution in [3.05, 3.63) is 181 Å². The summed E-state index contributed by atoms with van der Waals surface area (Å²) in [6.45, 7) is 4.60. The van der Waals surface area contributed by atoms with Crippen LogP contribution in [0.4, 0.5) is 0 Å². The zero-order valence-electron chi connectivity index (χ0n) is 30.9. The molecule has 1 aliphatic rings. The van der Waals surface area contributed by atoms with Gasteiger partial charge in [0.05, 0.1) is 11.1 Å². The fourth-order valence-corrected chi connectivity index (χ4v) is 8.51.